The zero-order valence-electron chi connectivity index (χ0n) is 18.8. The van der Waals surface area contributed by atoms with E-state index in [2.05, 4.69) is 19.2 Å². The van der Waals surface area contributed by atoms with E-state index < -0.39 is 6.04 Å². The smallest absolute Gasteiger partial charge is 0.261 e. The molecule has 0 fully saturated rings. The van der Waals surface area contributed by atoms with Crippen molar-refractivity contribution in [2.24, 2.45) is 0 Å². The Morgan fingerprint density at radius 2 is 1.70 bits per heavy atom. The molecule has 162 valence electrons. The van der Waals surface area contributed by atoms with Crippen LogP contribution in [0.2, 0.25) is 0 Å². The second-order valence-electron chi connectivity index (χ2n) is 7.75. The van der Waals surface area contributed by atoms with Gasteiger partial charge in [0.1, 0.15) is 11.8 Å². The van der Waals surface area contributed by atoms with Gasteiger partial charge in [-0.15, -0.1) is 0 Å². The van der Waals surface area contributed by atoms with Crippen LogP contribution in [0.3, 0.4) is 0 Å². The first-order valence-corrected chi connectivity index (χ1v) is 10.7. The summed E-state index contributed by atoms with van der Waals surface area (Å²) in [4.78, 5) is 27.6. The third kappa shape index (κ3) is 6.09. The van der Waals surface area contributed by atoms with Gasteiger partial charge < -0.3 is 15.0 Å². The second kappa shape index (κ2) is 11.4. The van der Waals surface area contributed by atoms with Gasteiger partial charge in [-0.05, 0) is 48.9 Å². The van der Waals surface area contributed by atoms with Crippen molar-refractivity contribution >= 4 is 11.8 Å². The fourth-order valence-electron chi connectivity index (χ4n) is 3.49. The van der Waals surface area contributed by atoms with Gasteiger partial charge in [0.05, 0.1) is 0 Å². The van der Waals surface area contributed by atoms with Crippen LogP contribution in [0.4, 0.5) is 0 Å². The largest absolute Gasteiger partial charge is 0.483 e. The average molecular weight is 411 g/mol. The van der Waals surface area contributed by atoms with E-state index >= 15 is 0 Å². The van der Waals surface area contributed by atoms with E-state index in [9.17, 15) is 9.59 Å². The maximum absolute atomic E-state index is 13.2. The molecule has 5 nitrogen and oxygen atoms in total. The first-order chi connectivity index (χ1) is 14.4. The molecular weight excluding hydrogens is 376 g/mol. The highest BCUT2D eigenvalue weighted by Gasteiger charge is 2.29. The van der Waals surface area contributed by atoms with Crippen LogP contribution in [-0.4, -0.2) is 35.9 Å². The number of para-hydroxylation sites is 1. The summed E-state index contributed by atoms with van der Waals surface area (Å²) >= 11 is 0. The molecule has 0 radical (unpaired) electrons. The van der Waals surface area contributed by atoms with Gasteiger partial charge in [-0.2, -0.15) is 0 Å². The lowest BCUT2D eigenvalue weighted by atomic mass is 10.0. The van der Waals surface area contributed by atoms with Crippen molar-refractivity contribution in [2.75, 3.05) is 13.2 Å². The van der Waals surface area contributed by atoms with Crippen molar-refractivity contribution in [1.29, 1.82) is 0 Å². The van der Waals surface area contributed by atoms with Crippen LogP contribution >= 0.6 is 0 Å². The predicted octanol–water partition coefficient (Wildman–Crippen LogP) is 4.44. The molecule has 0 aliphatic carbocycles. The Balaban J connectivity index is 2.25. The number of nitrogens with one attached hydrogen (secondary N) is 1. The third-order valence-corrected chi connectivity index (χ3v) is 5.23. The number of ether oxygens (including phenoxy) is 1. The highest BCUT2D eigenvalue weighted by Crippen LogP contribution is 2.26. The van der Waals surface area contributed by atoms with Gasteiger partial charge in [-0.1, -0.05) is 63.2 Å². The molecular formula is C25H34N2O3. The first-order valence-electron chi connectivity index (χ1n) is 10.7. The minimum Gasteiger partial charge on any atom is -0.483 e. The molecule has 0 unspecified atom stereocenters. The van der Waals surface area contributed by atoms with E-state index in [4.69, 9.17) is 4.74 Å². The highest BCUT2D eigenvalue weighted by molar-refractivity contribution is 5.88. The first kappa shape index (κ1) is 23.5. The molecule has 0 spiro atoms. The van der Waals surface area contributed by atoms with Crippen LogP contribution in [0.1, 0.15) is 56.7 Å². The molecule has 1 atom stereocenters. The normalized spacial score (nSPS) is 11.8. The van der Waals surface area contributed by atoms with Crippen LogP contribution in [0, 0.1) is 6.92 Å². The number of rotatable bonds is 10. The number of nitrogens with zero attached hydrogens (tertiary/aromatic N) is 1. The number of hydrogen-bond donors (Lipinski definition) is 1. The van der Waals surface area contributed by atoms with E-state index in [-0.39, 0.29) is 24.3 Å². The van der Waals surface area contributed by atoms with Crippen molar-refractivity contribution in [1.82, 2.24) is 10.2 Å². The molecule has 0 heterocycles. The van der Waals surface area contributed by atoms with E-state index in [1.165, 1.54) is 0 Å². The number of amides is 2. The van der Waals surface area contributed by atoms with Gasteiger partial charge >= 0.3 is 0 Å². The van der Waals surface area contributed by atoms with Crippen molar-refractivity contribution < 1.29 is 14.3 Å². The Morgan fingerprint density at radius 1 is 1.03 bits per heavy atom. The summed E-state index contributed by atoms with van der Waals surface area (Å²) in [6.45, 7) is 10.8. The lowest BCUT2D eigenvalue weighted by Gasteiger charge is -2.31. The van der Waals surface area contributed by atoms with Crippen LogP contribution in [0.5, 0.6) is 5.75 Å². The number of carbonyl (C=O) groups excluding carboxylic acids is 2. The summed E-state index contributed by atoms with van der Waals surface area (Å²) in [5, 5.41) is 2.86. The number of likely N-dealkylation sites (N-methyl/N-ethyl adjacent to an activating group) is 1. The molecule has 0 aromatic heterocycles. The quantitative estimate of drug-likeness (QED) is 0.630. The molecule has 0 bridgehead atoms. The minimum absolute atomic E-state index is 0.106. The molecule has 2 aromatic carbocycles. The van der Waals surface area contributed by atoms with Gasteiger partial charge in [0, 0.05) is 13.1 Å². The van der Waals surface area contributed by atoms with Gasteiger partial charge in [0.25, 0.3) is 5.91 Å². The molecule has 0 aliphatic rings. The molecule has 2 aromatic rings. The Labute approximate surface area is 180 Å². The Kier molecular flexibility index (Phi) is 8.90. The molecule has 2 rings (SSSR count). The lowest BCUT2D eigenvalue weighted by molar-refractivity contribution is -0.142. The van der Waals surface area contributed by atoms with E-state index in [1.54, 1.807) is 4.90 Å². The Hall–Kier alpha value is -2.82. The van der Waals surface area contributed by atoms with Gasteiger partial charge in [-0.3, -0.25) is 9.59 Å². The SMILES string of the molecule is CCNC(=O)[C@H](CC)N(Cc1ccccc1C)C(=O)COc1ccccc1C(C)C. The summed E-state index contributed by atoms with van der Waals surface area (Å²) in [5.74, 6) is 0.667. The molecule has 0 saturated heterocycles. The van der Waals surface area contributed by atoms with Crippen molar-refractivity contribution in [3.63, 3.8) is 0 Å². The molecule has 5 heteroatoms. The van der Waals surface area contributed by atoms with Crippen molar-refractivity contribution in [3.05, 3.63) is 65.2 Å². The summed E-state index contributed by atoms with van der Waals surface area (Å²) in [6, 6.07) is 15.2. The second-order valence-corrected chi connectivity index (χ2v) is 7.75. The molecule has 30 heavy (non-hydrogen) atoms. The topological polar surface area (TPSA) is 58.6 Å². The molecule has 0 aliphatic heterocycles. The zero-order valence-corrected chi connectivity index (χ0v) is 18.8. The minimum atomic E-state index is -0.541. The van der Waals surface area contributed by atoms with Crippen LogP contribution in [0.15, 0.2) is 48.5 Å². The van der Waals surface area contributed by atoms with Gasteiger partial charge in [0.2, 0.25) is 5.91 Å². The van der Waals surface area contributed by atoms with E-state index in [0.717, 1.165) is 16.7 Å². The summed E-state index contributed by atoms with van der Waals surface area (Å²) < 4.78 is 5.92. The third-order valence-electron chi connectivity index (χ3n) is 5.23. The number of benzene rings is 2. The maximum atomic E-state index is 13.2. The standard InChI is InChI=1S/C25H34N2O3/c1-6-22(25(29)26-7-2)27(16-20-13-9-8-12-19(20)5)24(28)17-30-23-15-11-10-14-21(23)18(3)4/h8-15,18,22H,6-7,16-17H2,1-5H3,(H,26,29)/t22-/m0/s1. The summed E-state index contributed by atoms with van der Waals surface area (Å²) in [7, 11) is 0. The van der Waals surface area contributed by atoms with Gasteiger partial charge in [-0.25, -0.2) is 0 Å². The fraction of sp³-hybridized carbons (Fsp3) is 0.440. The van der Waals surface area contributed by atoms with Gasteiger partial charge in [0.15, 0.2) is 6.61 Å². The molecule has 1 N–H and O–H groups in total. The fourth-order valence-corrected chi connectivity index (χ4v) is 3.49. The highest BCUT2D eigenvalue weighted by atomic mass is 16.5. The number of hydrogen-bond acceptors (Lipinski definition) is 3. The zero-order chi connectivity index (χ0) is 22.1. The number of aryl methyl sites for hydroxylation is 1. The van der Waals surface area contributed by atoms with Crippen LogP contribution < -0.4 is 10.1 Å². The Morgan fingerprint density at radius 3 is 2.33 bits per heavy atom. The predicted molar refractivity (Wildman–Crippen MR) is 121 cm³/mol. The summed E-state index contributed by atoms with van der Waals surface area (Å²) in [5.41, 5.74) is 3.18. The van der Waals surface area contributed by atoms with E-state index in [0.29, 0.717) is 25.3 Å². The van der Waals surface area contributed by atoms with Crippen LogP contribution in [0.25, 0.3) is 0 Å². The van der Waals surface area contributed by atoms with Crippen LogP contribution in [-0.2, 0) is 16.1 Å². The average Bonchev–Trinajstić information content (AvgIpc) is 2.73. The summed E-state index contributed by atoms with van der Waals surface area (Å²) in [6.07, 6.45) is 0.534. The van der Waals surface area contributed by atoms with Crippen molar-refractivity contribution in [3.8, 4) is 5.75 Å². The van der Waals surface area contributed by atoms with E-state index in [1.807, 2.05) is 69.3 Å². The maximum Gasteiger partial charge on any atom is 0.261 e. The molecule has 2 amide bonds. The molecule has 0 saturated carbocycles. The lowest BCUT2D eigenvalue weighted by Crippen LogP contribution is -2.50. The van der Waals surface area contributed by atoms with Crippen molar-refractivity contribution in [2.45, 2.75) is 59.5 Å². The number of carbonyl (C=O) groups is 2. The Bertz CT molecular complexity index is 848. The monoisotopic (exact) mass is 410 g/mol.